The van der Waals surface area contributed by atoms with Crippen molar-refractivity contribution in [2.24, 2.45) is 0 Å². The lowest BCUT2D eigenvalue weighted by atomic mass is 10.1. The molecule has 116 valence electrons. The van der Waals surface area contributed by atoms with Gasteiger partial charge in [-0.25, -0.2) is 13.2 Å². The number of nitrogens with one attached hydrogen (secondary N) is 1. The maximum absolute atomic E-state index is 13.6. The van der Waals surface area contributed by atoms with E-state index in [0.29, 0.717) is 5.56 Å². The smallest absolute Gasteiger partial charge is 0.220 e. The molecule has 0 radical (unpaired) electrons. The average Bonchev–Trinajstić information content (AvgIpc) is 2.48. The van der Waals surface area contributed by atoms with Gasteiger partial charge in [0.25, 0.3) is 0 Å². The second kappa shape index (κ2) is 7.11. The highest BCUT2D eigenvalue weighted by molar-refractivity contribution is 5.76. The molecule has 2 aromatic carbocycles. The molecule has 0 aliphatic carbocycles. The van der Waals surface area contributed by atoms with Gasteiger partial charge >= 0.3 is 0 Å². The summed E-state index contributed by atoms with van der Waals surface area (Å²) in [5, 5.41) is 2.59. The molecule has 0 saturated carbocycles. The van der Waals surface area contributed by atoms with Crippen LogP contribution in [0, 0.1) is 17.5 Å². The molecule has 0 aliphatic heterocycles. The molecule has 1 N–H and O–H groups in total. The van der Waals surface area contributed by atoms with Crippen LogP contribution in [0.3, 0.4) is 0 Å². The molecule has 0 aliphatic rings. The van der Waals surface area contributed by atoms with Crippen molar-refractivity contribution in [3.63, 3.8) is 0 Å². The Morgan fingerprint density at radius 3 is 2.55 bits per heavy atom. The normalized spacial score (nSPS) is 12.0. The predicted molar refractivity (Wildman–Crippen MR) is 77.6 cm³/mol. The predicted octanol–water partition coefficient (Wildman–Crippen LogP) is 3.91. The topological polar surface area (TPSA) is 29.1 Å². The molecule has 0 bridgehead atoms. The maximum Gasteiger partial charge on any atom is 0.220 e. The van der Waals surface area contributed by atoms with Crippen LogP contribution in [0.2, 0.25) is 0 Å². The van der Waals surface area contributed by atoms with E-state index >= 15 is 0 Å². The van der Waals surface area contributed by atoms with Crippen molar-refractivity contribution < 1.29 is 18.0 Å². The summed E-state index contributed by atoms with van der Waals surface area (Å²) < 4.78 is 40.2. The number of carbonyl (C=O) groups excluding carboxylic acids is 1. The minimum absolute atomic E-state index is 0.0716. The summed E-state index contributed by atoms with van der Waals surface area (Å²) in [6, 6.07) is 8.64. The molecule has 22 heavy (non-hydrogen) atoms. The fourth-order valence-electron chi connectivity index (χ4n) is 2.19. The Morgan fingerprint density at radius 2 is 1.82 bits per heavy atom. The fourth-order valence-corrected chi connectivity index (χ4v) is 2.19. The van der Waals surface area contributed by atoms with Crippen LogP contribution in [0.15, 0.2) is 42.5 Å². The van der Waals surface area contributed by atoms with Gasteiger partial charge in [-0.1, -0.05) is 18.2 Å². The van der Waals surface area contributed by atoms with Crippen molar-refractivity contribution in [2.75, 3.05) is 0 Å². The molecule has 2 aromatic rings. The van der Waals surface area contributed by atoms with Gasteiger partial charge < -0.3 is 5.32 Å². The molecular formula is C17H16F3NO. The van der Waals surface area contributed by atoms with E-state index in [-0.39, 0.29) is 30.1 Å². The largest absolute Gasteiger partial charge is 0.349 e. The van der Waals surface area contributed by atoms with Crippen molar-refractivity contribution in [3.8, 4) is 0 Å². The molecule has 0 aromatic heterocycles. The molecule has 0 spiro atoms. The van der Waals surface area contributed by atoms with Gasteiger partial charge in [0.2, 0.25) is 5.91 Å². The van der Waals surface area contributed by atoms with E-state index in [1.165, 1.54) is 6.07 Å². The van der Waals surface area contributed by atoms with Gasteiger partial charge in [-0.3, -0.25) is 4.79 Å². The average molecular weight is 307 g/mol. The molecule has 0 fully saturated rings. The van der Waals surface area contributed by atoms with Crippen molar-refractivity contribution >= 4 is 5.91 Å². The molecular weight excluding hydrogens is 291 g/mol. The van der Waals surface area contributed by atoms with Crippen LogP contribution >= 0.6 is 0 Å². The zero-order chi connectivity index (χ0) is 16.1. The Balaban J connectivity index is 1.94. The van der Waals surface area contributed by atoms with E-state index in [1.54, 1.807) is 25.1 Å². The monoisotopic (exact) mass is 307 g/mol. The number of halogens is 3. The van der Waals surface area contributed by atoms with Crippen LogP contribution in [-0.2, 0) is 11.2 Å². The highest BCUT2D eigenvalue weighted by atomic mass is 19.1. The molecule has 2 rings (SSSR count). The van der Waals surface area contributed by atoms with Crippen LogP contribution < -0.4 is 5.32 Å². The number of amides is 1. The lowest BCUT2D eigenvalue weighted by Crippen LogP contribution is -2.27. The van der Waals surface area contributed by atoms with E-state index in [2.05, 4.69) is 5.32 Å². The third-order valence-electron chi connectivity index (χ3n) is 3.38. The number of carbonyl (C=O) groups is 1. The van der Waals surface area contributed by atoms with Crippen LogP contribution in [0.1, 0.15) is 30.5 Å². The molecule has 2 nitrogen and oxygen atoms in total. The Morgan fingerprint density at radius 1 is 1.09 bits per heavy atom. The number of hydrogen-bond acceptors (Lipinski definition) is 1. The fraction of sp³-hybridized carbons (Fsp3) is 0.235. The summed E-state index contributed by atoms with van der Waals surface area (Å²) in [5.74, 6) is -1.86. The SMILES string of the molecule is CC(NC(=O)CCc1ccccc1F)c1cc(F)ccc1F. The molecule has 0 saturated heterocycles. The first kappa shape index (κ1) is 16.1. The maximum atomic E-state index is 13.6. The molecule has 1 atom stereocenters. The first-order valence-electron chi connectivity index (χ1n) is 6.95. The molecule has 0 heterocycles. The summed E-state index contributed by atoms with van der Waals surface area (Å²) >= 11 is 0. The third-order valence-corrected chi connectivity index (χ3v) is 3.38. The molecule has 1 amide bonds. The van der Waals surface area contributed by atoms with E-state index in [9.17, 15) is 18.0 Å². The van der Waals surface area contributed by atoms with Crippen LogP contribution in [0.4, 0.5) is 13.2 Å². The van der Waals surface area contributed by atoms with Crippen LogP contribution in [-0.4, -0.2) is 5.91 Å². The zero-order valence-corrected chi connectivity index (χ0v) is 12.1. The Labute approximate surface area is 127 Å². The number of aryl methyl sites for hydroxylation is 1. The van der Waals surface area contributed by atoms with Gasteiger partial charge in [0, 0.05) is 12.0 Å². The summed E-state index contributed by atoms with van der Waals surface area (Å²) in [5.41, 5.74) is 0.529. The third kappa shape index (κ3) is 4.10. The van der Waals surface area contributed by atoms with Crippen LogP contribution in [0.25, 0.3) is 0 Å². The highest BCUT2D eigenvalue weighted by Crippen LogP contribution is 2.18. The van der Waals surface area contributed by atoms with E-state index < -0.39 is 17.7 Å². The van der Waals surface area contributed by atoms with E-state index in [4.69, 9.17) is 0 Å². The summed E-state index contributed by atoms with van der Waals surface area (Å²) in [7, 11) is 0. The second-order valence-corrected chi connectivity index (χ2v) is 5.05. The molecule has 1 unspecified atom stereocenters. The second-order valence-electron chi connectivity index (χ2n) is 5.05. The number of rotatable bonds is 5. The van der Waals surface area contributed by atoms with E-state index in [1.807, 2.05) is 0 Å². The standard InChI is InChI=1S/C17H16F3NO/c1-11(14-10-13(18)7-8-16(14)20)21-17(22)9-6-12-4-2-3-5-15(12)19/h2-5,7-8,10-11H,6,9H2,1H3,(H,21,22). The minimum atomic E-state index is -0.663. The van der Waals surface area contributed by atoms with Crippen molar-refractivity contribution in [1.29, 1.82) is 0 Å². The zero-order valence-electron chi connectivity index (χ0n) is 12.1. The Bertz CT molecular complexity index is 673. The first-order chi connectivity index (χ1) is 10.5. The number of benzene rings is 2. The summed E-state index contributed by atoms with van der Waals surface area (Å²) in [4.78, 5) is 11.9. The van der Waals surface area contributed by atoms with Gasteiger partial charge in [-0.05, 0) is 43.2 Å². The summed E-state index contributed by atoms with van der Waals surface area (Å²) in [6.07, 6.45) is 0.319. The quantitative estimate of drug-likeness (QED) is 0.891. The minimum Gasteiger partial charge on any atom is -0.349 e. The first-order valence-corrected chi connectivity index (χ1v) is 6.95. The van der Waals surface area contributed by atoms with Crippen LogP contribution in [0.5, 0.6) is 0 Å². The molecule has 5 heteroatoms. The summed E-state index contributed by atoms with van der Waals surface area (Å²) in [6.45, 7) is 1.57. The lowest BCUT2D eigenvalue weighted by molar-refractivity contribution is -0.121. The number of hydrogen-bond donors (Lipinski definition) is 1. The highest BCUT2D eigenvalue weighted by Gasteiger charge is 2.15. The van der Waals surface area contributed by atoms with Crippen molar-refractivity contribution in [2.45, 2.75) is 25.8 Å². The lowest BCUT2D eigenvalue weighted by Gasteiger charge is -2.15. The van der Waals surface area contributed by atoms with Gasteiger partial charge in [0.1, 0.15) is 17.5 Å². The van der Waals surface area contributed by atoms with Gasteiger partial charge in [0.15, 0.2) is 0 Å². The van der Waals surface area contributed by atoms with E-state index in [0.717, 1.165) is 18.2 Å². The van der Waals surface area contributed by atoms with Gasteiger partial charge in [-0.2, -0.15) is 0 Å². The van der Waals surface area contributed by atoms with Crippen molar-refractivity contribution in [3.05, 3.63) is 71.0 Å². The van der Waals surface area contributed by atoms with Crippen molar-refractivity contribution in [1.82, 2.24) is 5.32 Å². The van der Waals surface area contributed by atoms with Gasteiger partial charge in [0.05, 0.1) is 6.04 Å². The van der Waals surface area contributed by atoms with Gasteiger partial charge in [-0.15, -0.1) is 0 Å². The Hall–Kier alpha value is -2.30. The Kier molecular flexibility index (Phi) is 5.20.